The van der Waals surface area contributed by atoms with Crippen molar-refractivity contribution in [3.05, 3.63) is 29.3 Å². The normalized spacial score (nSPS) is 14.8. The van der Waals surface area contributed by atoms with Crippen LogP contribution in [0.15, 0.2) is 18.2 Å². The monoisotopic (exact) mass is 258 g/mol. The molecule has 1 fully saturated rings. The van der Waals surface area contributed by atoms with Gasteiger partial charge in [-0.2, -0.15) is 5.26 Å². The number of rotatable bonds is 3. The second-order valence-corrected chi connectivity index (χ2v) is 4.63. The second kappa shape index (κ2) is 6.21. The van der Waals surface area contributed by atoms with Crippen LogP contribution in [0.1, 0.15) is 11.1 Å². The number of benzene rings is 1. The Balaban J connectivity index is 1.91. The van der Waals surface area contributed by atoms with Gasteiger partial charge in [-0.15, -0.1) is 0 Å². The fourth-order valence-electron chi connectivity index (χ4n) is 2.13. The SMILES string of the molecule is Cc1cc(C#N)ccc1NCC(=O)N1CCNCC1. The van der Waals surface area contributed by atoms with E-state index in [9.17, 15) is 4.79 Å². The van der Waals surface area contributed by atoms with Crippen molar-refractivity contribution in [1.82, 2.24) is 10.2 Å². The molecular weight excluding hydrogens is 240 g/mol. The molecule has 0 aromatic heterocycles. The highest BCUT2D eigenvalue weighted by Gasteiger charge is 2.15. The first kappa shape index (κ1) is 13.4. The predicted molar refractivity (Wildman–Crippen MR) is 73.8 cm³/mol. The minimum Gasteiger partial charge on any atom is -0.376 e. The smallest absolute Gasteiger partial charge is 0.241 e. The van der Waals surface area contributed by atoms with E-state index in [1.165, 1.54) is 0 Å². The maximum atomic E-state index is 12.0. The van der Waals surface area contributed by atoms with Gasteiger partial charge in [0.1, 0.15) is 0 Å². The van der Waals surface area contributed by atoms with E-state index in [4.69, 9.17) is 5.26 Å². The second-order valence-electron chi connectivity index (χ2n) is 4.63. The zero-order chi connectivity index (χ0) is 13.7. The van der Waals surface area contributed by atoms with Gasteiger partial charge in [0.05, 0.1) is 18.2 Å². The molecule has 0 aliphatic carbocycles. The molecule has 0 spiro atoms. The Hall–Kier alpha value is -2.06. The van der Waals surface area contributed by atoms with Crippen LogP contribution < -0.4 is 10.6 Å². The molecule has 0 unspecified atom stereocenters. The maximum Gasteiger partial charge on any atom is 0.241 e. The summed E-state index contributed by atoms with van der Waals surface area (Å²) in [4.78, 5) is 13.9. The number of hydrogen-bond acceptors (Lipinski definition) is 4. The average Bonchev–Trinajstić information content (AvgIpc) is 2.46. The highest BCUT2D eigenvalue weighted by atomic mass is 16.2. The van der Waals surface area contributed by atoms with Crippen molar-refractivity contribution in [2.45, 2.75) is 6.92 Å². The number of nitriles is 1. The molecule has 2 N–H and O–H groups in total. The Morgan fingerprint density at radius 3 is 2.84 bits per heavy atom. The van der Waals surface area contributed by atoms with Crippen molar-refractivity contribution < 1.29 is 4.79 Å². The van der Waals surface area contributed by atoms with E-state index in [1.807, 2.05) is 24.0 Å². The minimum atomic E-state index is 0.116. The third kappa shape index (κ3) is 3.46. The van der Waals surface area contributed by atoms with Crippen LogP contribution in [0, 0.1) is 18.3 Å². The van der Waals surface area contributed by atoms with Crippen molar-refractivity contribution >= 4 is 11.6 Å². The van der Waals surface area contributed by atoms with Gasteiger partial charge < -0.3 is 15.5 Å². The number of carbonyl (C=O) groups excluding carboxylic acids is 1. The predicted octanol–water partition coefficient (Wildman–Crippen LogP) is 0.710. The van der Waals surface area contributed by atoms with Gasteiger partial charge in [0.25, 0.3) is 0 Å². The molecule has 1 aromatic rings. The quantitative estimate of drug-likeness (QED) is 0.838. The van der Waals surface area contributed by atoms with Gasteiger partial charge >= 0.3 is 0 Å². The van der Waals surface area contributed by atoms with E-state index >= 15 is 0 Å². The Morgan fingerprint density at radius 2 is 2.21 bits per heavy atom. The molecule has 2 rings (SSSR count). The molecular formula is C14H18N4O. The largest absolute Gasteiger partial charge is 0.376 e. The van der Waals surface area contributed by atoms with Crippen molar-refractivity contribution in [2.24, 2.45) is 0 Å². The Labute approximate surface area is 113 Å². The van der Waals surface area contributed by atoms with Crippen LogP contribution in [0.2, 0.25) is 0 Å². The highest BCUT2D eigenvalue weighted by Crippen LogP contribution is 2.15. The number of anilines is 1. The van der Waals surface area contributed by atoms with Gasteiger partial charge in [0.15, 0.2) is 0 Å². The van der Waals surface area contributed by atoms with Crippen molar-refractivity contribution in [3.8, 4) is 6.07 Å². The number of amides is 1. The number of piperazine rings is 1. The molecule has 5 nitrogen and oxygen atoms in total. The summed E-state index contributed by atoms with van der Waals surface area (Å²) in [7, 11) is 0. The van der Waals surface area contributed by atoms with Crippen LogP contribution in [0.25, 0.3) is 0 Å². The van der Waals surface area contributed by atoms with Gasteiger partial charge in [-0.3, -0.25) is 4.79 Å². The molecule has 0 radical (unpaired) electrons. The Kier molecular flexibility index (Phi) is 4.37. The molecule has 1 heterocycles. The lowest BCUT2D eigenvalue weighted by atomic mass is 10.1. The van der Waals surface area contributed by atoms with Crippen LogP contribution >= 0.6 is 0 Å². The van der Waals surface area contributed by atoms with Crippen LogP contribution in [0.3, 0.4) is 0 Å². The van der Waals surface area contributed by atoms with Crippen LogP contribution in [0.4, 0.5) is 5.69 Å². The molecule has 0 bridgehead atoms. The Morgan fingerprint density at radius 1 is 1.47 bits per heavy atom. The summed E-state index contributed by atoms with van der Waals surface area (Å²) in [5, 5.41) is 15.2. The fraction of sp³-hybridized carbons (Fsp3) is 0.429. The minimum absolute atomic E-state index is 0.116. The average molecular weight is 258 g/mol. The summed E-state index contributed by atoms with van der Waals surface area (Å²) in [5.74, 6) is 0.116. The molecule has 1 saturated heterocycles. The van der Waals surface area contributed by atoms with Gasteiger partial charge in [-0.25, -0.2) is 0 Å². The number of nitrogens with zero attached hydrogens (tertiary/aromatic N) is 2. The van der Waals surface area contributed by atoms with Crippen molar-refractivity contribution in [3.63, 3.8) is 0 Å². The van der Waals surface area contributed by atoms with Crippen LogP contribution in [0.5, 0.6) is 0 Å². The number of aryl methyl sites for hydroxylation is 1. The molecule has 1 aliphatic rings. The molecule has 1 aromatic carbocycles. The highest BCUT2D eigenvalue weighted by molar-refractivity contribution is 5.81. The Bertz CT molecular complexity index is 501. The topological polar surface area (TPSA) is 68.2 Å². The van der Waals surface area contributed by atoms with E-state index < -0.39 is 0 Å². The summed E-state index contributed by atoms with van der Waals surface area (Å²) >= 11 is 0. The first-order chi connectivity index (χ1) is 9.20. The lowest BCUT2D eigenvalue weighted by molar-refractivity contribution is -0.129. The molecule has 100 valence electrons. The first-order valence-electron chi connectivity index (χ1n) is 6.44. The summed E-state index contributed by atoms with van der Waals surface area (Å²) in [6.07, 6.45) is 0. The van der Waals surface area contributed by atoms with E-state index in [-0.39, 0.29) is 5.91 Å². The van der Waals surface area contributed by atoms with E-state index in [2.05, 4.69) is 16.7 Å². The zero-order valence-electron chi connectivity index (χ0n) is 11.1. The zero-order valence-corrected chi connectivity index (χ0v) is 11.1. The van der Waals surface area contributed by atoms with E-state index in [1.54, 1.807) is 6.07 Å². The third-order valence-corrected chi connectivity index (χ3v) is 3.26. The van der Waals surface area contributed by atoms with Crippen LogP contribution in [-0.4, -0.2) is 43.5 Å². The van der Waals surface area contributed by atoms with Crippen LogP contribution in [-0.2, 0) is 4.79 Å². The number of nitrogens with one attached hydrogen (secondary N) is 2. The summed E-state index contributed by atoms with van der Waals surface area (Å²) < 4.78 is 0. The van der Waals surface area contributed by atoms with E-state index in [0.29, 0.717) is 12.1 Å². The number of hydrogen-bond donors (Lipinski definition) is 2. The van der Waals surface area contributed by atoms with Gasteiger partial charge in [-0.05, 0) is 30.7 Å². The third-order valence-electron chi connectivity index (χ3n) is 3.26. The van der Waals surface area contributed by atoms with Crippen molar-refractivity contribution in [1.29, 1.82) is 5.26 Å². The lowest BCUT2D eigenvalue weighted by Crippen LogP contribution is -2.48. The molecule has 1 aliphatic heterocycles. The summed E-state index contributed by atoms with van der Waals surface area (Å²) in [6, 6.07) is 7.52. The summed E-state index contributed by atoms with van der Waals surface area (Å²) in [6.45, 7) is 5.49. The number of carbonyl (C=O) groups is 1. The van der Waals surface area contributed by atoms with Gasteiger partial charge in [0, 0.05) is 31.9 Å². The molecule has 0 saturated carbocycles. The molecule has 1 amide bonds. The maximum absolute atomic E-state index is 12.0. The van der Waals surface area contributed by atoms with Gasteiger partial charge in [-0.1, -0.05) is 0 Å². The van der Waals surface area contributed by atoms with Gasteiger partial charge in [0.2, 0.25) is 5.91 Å². The fourth-order valence-corrected chi connectivity index (χ4v) is 2.13. The van der Waals surface area contributed by atoms with E-state index in [0.717, 1.165) is 37.4 Å². The standard InChI is InChI=1S/C14H18N4O/c1-11-8-12(9-15)2-3-13(11)17-10-14(19)18-6-4-16-5-7-18/h2-3,8,16-17H,4-7,10H2,1H3. The first-order valence-corrected chi connectivity index (χ1v) is 6.44. The lowest BCUT2D eigenvalue weighted by Gasteiger charge is -2.27. The molecule has 0 atom stereocenters. The summed E-state index contributed by atoms with van der Waals surface area (Å²) in [5.41, 5.74) is 2.52. The molecule has 19 heavy (non-hydrogen) atoms. The van der Waals surface area contributed by atoms with Crippen molar-refractivity contribution in [2.75, 3.05) is 38.0 Å². The molecule has 5 heteroatoms.